The van der Waals surface area contributed by atoms with Gasteiger partial charge in [0.25, 0.3) is 5.91 Å². The van der Waals surface area contributed by atoms with Crippen molar-refractivity contribution >= 4 is 5.91 Å². The number of amides is 1. The molecule has 0 fully saturated rings. The first kappa shape index (κ1) is 16.8. The number of carbonyl (C=O) groups is 1. The van der Waals surface area contributed by atoms with Crippen LogP contribution in [0, 0.1) is 0 Å². The Labute approximate surface area is 132 Å². The summed E-state index contributed by atoms with van der Waals surface area (Å²) >= 11 is 0. The number of nitrogens with one attached hydrogen (secondary N) is 1. The van der Waals surface area contributed by atoms with E-state index in [-0.39, 0.29) is 11.9 Å². The van der Waals surface area contributed by atoms with Gasteiger partial charge in [-0.2, -0.15) is 5.10 Å². The van der Waals surface area contributed by atoms with Crippen LogP contribution in [0.1, 0.15) is 50.4 Å². The van der Waals surface area contributed by atoms with Gasteiger partial charge in [-0.1, -0.05) is 13.8 Å². The van der Waals surface area contributed by atoms with Crippen molar-refractivity contribution in [2.24, 2.45) is 0 Å². The van der Waals surface area contributed by atoms with E-state index in [2.05, 4.69) is 36.1 Å². The van der Waals surface area contributed by atoms with Crippen LogP contribution in [0.25, 0.3) is 0 Å². The number of hydrogen-bond acceptors (Lipinski definition) is 4. The Hall–Kier alpha value is -1.56. The minimum Gasteiger partial charge on any atom is -0.477 e. The van der Waals surface area contributed by atoms with E-state index in [4.69, 9.17) is 4.74 Å². The Balaban J connectivity index is 1.80. The Morgan fingerprint density at radius 3 is 3.00 bits per heavy atom. The fraction of sp³-hybridized carbons (Fsp3) is 0.750. The van der Waals surface area contributed by atoms with Crippen LogP contribution in [0.4, 0.5) is 0 Å². The molecule has 0 spiro atoms. The van der Waals surface area contributed by atoms with Gasteiger partial charge in [0, 0.05) is 19.0 Å². The zero-order valence-electron chi connectivity index (χ0n) is 14.0. The highest BCUT2D eigenvalue weighted by atomic mass is 16.5. The minimum absolute atomic E-state index is 0.0847. The Morgan fingerprint density at radius 1 is 1.50 bits per heavy atom. The maximum atomic E-state index is 12.3. The molecule has 0 saturated carbocycles. The molecular weight excluding hydrogens is 280 g/mol. The normalized spacial score (nSPS) is 15.3. The lowest BCUT2D eigenvalue weighted by atomic mass is 10.1. The number of nitrogens with zero attached hydrogens (tertiary/aromatic N) is 3. The summed E-state index contributed by atoms with van der Waals surface area (Å²) in [5, 5.41) is 7.27. The van der Waals surface area contributed by atoms with Crippen LogP contribution in [-0.4, -0.2) is 52.9 Å². The molecule has 0 aliphatic carbocycles. The molecule has 1 aliphatic rings. The highest BCUT2D eigenvalue weighted by Crippen LogP contribution is 2.22. The third-order valence-electron chi connectivity index (χ3n) is 4.17. The van der Waals surface area contributed by atoms with Crippen LogP contribution in [0.15, 0.2) is 6.20 Å². The van der Waals surface area contributed by atoms with E-state index >= 15 is 0 Å². The summed E-state index contributed by atoms with van der Waals surface area (Å²) in [4.78, 5) is 14.7. The molecule has 1 aromatic heterocycles. The van der Waals surface area contributed by atoms with Gasteiger partial charge in [-0.15, -0.1) is 0 Å². The maximum absolute atomic E-state index is 12.3. The van der Waals surface area contributed by atoms with E-state index in [1.54, 1.807) is 10.9 Å². The van der Waals surface area contributed by atoms with Gasteiger partial charge in [0.05, 0.1) is 12.8 Å². The predicted molar refractivity (Wildman–Crippen MR) is 86.3 cm³/mol. The molecule has 6 heteroatoms. The van der Waals surface area contributed by atoms with Crippen molar-refractivity contribution in [3.05, 3.63) is 11.8 Å². The number of fused-ring (bicyclic) bond motifs is 1. The van der Waals surface area contributed by atoms with Crippen molar-refractivity contribution in [3.63, 3.8) is 0 Å². The molecule has 0 radical (unpaired) electrons. The Kier molecular flexibility index (Phi) is 6.24. The monoisotopic (exact) mass is 308 g/mol. The second kappa shape index (κ2) is 8.17. The van der Waals surface area contributed by atoms with E-state index < -0.39 is 0 Å². The van der Waals surface area contributed by atoms with Crippen molar-refractivity contribution in [3.8, 4) is 5.88 Å². The average molecular weight is 308 g/mol. The van der Waals surface area contributed by atoms with Gasteiger partial charge in [-0.25, -0.2) is 4.68 Å². The van der Waals surface area contributed by atoms with Gasteiger partial charge in [-0.05, 0) is 39.4 Å². The van der Waals surface area contributed by atoms with E-state index in [0.717, 1.165) is 45.4 Å². The maximum Gasteiger partial charge on any atom is 0.258 e. The summed E-state index contributed by atoms with van der Waals surface area (Å²) in [7, 11) is 0. The van der Waals surface area contributed by atoms with Crippen LogP contribution in [0.3, 0.4) is 0 Å². The standard InChI is InChI=1S/C16H28N4O2/c1-4-19(5-2)9-6-8-13(3)18-15(21)14-12-17-20-10-7-11-22-16(14)20/h12-13H,4-11H2,1-3H3,(H,18,21). The number of aryl methyl sites for hydroxylation is 1. The summed E-state index contributed by atoms with van der Waals surface area (Å²) in [5.74, 6) is 0.526. The van der Waals surface area contributed by atoms with Gasteiger partial charge in [-0.3, -0.25) is 4.79 Å². The van der Waals surface area contributed by atoms with Crippen molar-refractivity contribution in [2.45, 2.75) is 52.6 Å². The molecule has 1 aliphatic heterocycles. The largest absolute Gasteiger partial charge is 0.477 e. The topological polar surface area (TPSA) is 59.4 Å². The van der Waals surface area contributed by atoms with E-state index in [1.165, 1.54) is 0 Å². The van der Waals surface area contributed by atoms with Gasteiger partial charge in [0.15, 0.2) is 0 Å². The number of hydrogen-bond donors (Lipinski definition) is 1. The van der Waals surface area contributed by atoms with Crippen LogP contribution >= 0.6 is 0 Å². The van der Waals surface area contributed by atoms with Gasteiger partial charge >= 0.3 is 0 Å². The molecule has 1 atom stereocenters. The molecule has 0 bridgehead atoms. The first-order valence-corrected chi connectivity index (χ1v) is 8.37. The fourth-order valence-electron chi connectivity index (χ4n) is 2.76. The highest BCUT2D eigenvalue weighted by molar-refractivity contribution is 5.96. The quantitative estimate of drug-likeness (QED) is 0.797. The lowest BCUT2D eigenvalue weighted by Crippen LogP contribution is -2.34. The molecule has 1 aromatic rings. The third-order valence-corrected chi connectivity index (χ3v) is 4.17. The number of aromatic nitrogens is 2. The van der Waals surface area contributed by atoms with Crippen molar-refractivity contribution in [1.82, 2.24) is 20.0 Å². The zero-order chi connectivity index (χ0) is 15.9. The Bertz CT molecular complexity index is 482. The van der Waals surface area contributed by atoms with E-state index in [0.29, 0.717) is 18.1 Å². The SMILES string of the molecule is CCN(CC)CCCC(C)NC(=O)c1cnn2c1OCCC2. The van der Waals surface area contributed by atoms with Gasteiger partial charge in [0.2, 0.25) is 5.88 Å². The molecule has 1 amide bonds. The minimum atomic E-state index is -0.0847. The smallest absolute Gasteiger partial charge is 0.258 e. The van der Waals surface area contributed by atoms with E-state index in [9.17, 15) is 4.79 Å². The average Bonchev–Trinajstić information content (AvgIpc) is 2.95. The summed E-state index contributed by atoms with van der Waals surface area (Å²) in [5.41, 5.74) is 0.551. The molecule has 22 heavy (non-hydrogen) atoms. The van der Waals surface area contributed by atoms with Crippen molar-refractivity contribution in [2.75, 3.05) is 26.2 Å². The number of ether oxygens (including phenoxy) is 1. The first-order chi connectivity index (χ1) is 10.7. The first-order valence-electron chi connectivity index (χ1n) is 8.37. The Morgan fingerprint density at radius 2 is 2.27 bits per heavy atom. The van der Waals surface area contributed by atoms with E-state index in [1.807, 2.05) is 0 Å². The van der Waals surface area contributed by atoms with Crippen LogP contribution in [-0.2, 0) is 6.54 Å². The van der Waals surface area contributed by atoms with Crippen molar-refractivity contribution in [1.29, 1.82) is 0 Å². The van der Waals surface area contributed by atoms with Crippen LogP contribution in [0.2, 0.25) is 0 Å². The summed E-state index contributed by atoms with van der Waals surface area (Å²) in [6, 6.07) is 0.155. The molecule has 2 heterocycles. The third kappa shape index (κ3) is 4.22. The molecule has 0 saturated heterocycles. The molecule has 1 unspecified atom stereocenters. The second-order valence-corrected chi connectivity index (χ2v) is 5.83. The van der Waals surface area contributed by atoms with Crippen LogP contribution in [0.5, 0.6) is 5.88 Å². The lowest BCUT2D eigenvalue weighted by Gasteiger charge is -2.20. The number of carbonyl (C=O) groups excluding carboxylic acids is 1. The molecule has 0 aromatic carbocycles. The summed E-state index contributed by atoms with van der Waals surface area (Å²) in [6.07, 6.45) is 4.62. The number of rotatable bonds is 8. The molecular formula is C16H28N4O2. The fourth-order valence-corrected chi connectivity index (χ4v) is 2.76. The second-order valence-electron chi connectivity index (χ2n) is 5.83. The summed E-state index contributed by atoms with van der Waals surface area (Å²) in [6.45, 7) is 11.1. The van der Waals surface area contributed by atoms with Crippen molar-refractivity contribution < 1.29 is 9.53 Å². The van der Waals surface area contributed by atoms with Gasteiger partial charge < -0.3 is 15.0 Å². The van der Waals surface area contributed by atoms with Crippen LogP contribution < -0.4 is 10.1 Å². The summed E-state index contributed by atoms with van der Waals surface area (Å²) < 4.78 is 7.34. The molecule has 6 nitrogen and oxygen atoms in total. The molecule has 124 valence electrons. The molecule has 1 N–H and O–H groups in total. The van der Waals surface area contributed by atoms with Gasteiger partial charge in [0.1, 0.15) is 5.56 Å². The predicted octanol–water partition coefficient (Wildman–Crippen LogP) is 1.91. The zero-order valence-corrected chi connectivity index (χ0v) is 14.0. The lowest BCUT2D eigenvalue weighted by molar-refractivity contribution is 0.0930. The molecule has 2 rings (SSSR count). The highest BCUT2D eigenvalue weighted by Gasteiger charge is 2.22.